The largest absolute Gasteiger partial charge is 0.397 e. The Kier molecular flexibility index (Phi) is 4.30. The van der Waals surface area contributed by atoms with Crippen molar-refractivity contribution >= 4 is 23.0 Å². The summed E-state index contributed by atoms with van der Waals surface area (Å²) < 4.78 is 0. The maximum absolute atomic E-state index is 11.4. The molecule has 0 aliphatic carbocycles. The highest BCUT2D eigenvalue weighted by atomic mass is 16.1. The summed E-state index contributed by atoms with van der Waals surface area (Å²) in [6, 6.07) is 6.33. The number of hydrogen-bond donors (Lipinski definition) is 2. The Morgan fingerprint density at radius 3 is 2.89 bits per heavy atom. The second-order valence-corrected chi connectivity index (χ2v) is 5.21. The lowest BCUT2D eigenvalue weighted by Crippen LogP contribution is -2.37. The van der Waals surface area contributed by atoms with Crippen molar-refractivity contribution in [2.75, 3.05) is 22.5 Å². The van der Waals surface area contributed by atoms with Gasteiger partial charge in [0.25, 0.3) is 0 Å². The number of carbonyl (C=O) groups excluding carboxylic acids is 1. The van der Waals surface area contributed by atoms with Crippen molar-refractivity contribution in [3.8, 4) is 0 Å². The molecule has 1 saturated heterocycles. The number of benzene rings is 1. The zero-order chi connectivity index (χ0) is 13.8. The van der Waals surface area contributed by atoms with Crippen LogP contribution in [-0.2, 0) is 4.79 Å². The van der Waals surface area contributed by atoms with Crippen LogP contribution in [0.25, 0.3) is 0 Å². The summed E-state index contributed by atoms with van der Waals surface area (Å²) in [7, 11) is 0. The van der Waals surface area contributed by atoms with Crippen LogP contribution >= 0.6 is 0 Å². The van der Waals surface area contributed by atoms with Gasteiger partial charge in [-0.1, -0.05) is 6.92 Å². The van der Waals surface area contributed by atoms with Gasteiger partial charge in [0, 0.05) is 24.7 Å². The summed E-state index contributed by atoms with van der Waals surface area (Å²) in [5, 5.41) is 2.84. The van der Waals surface area contributed by atoms with Crippen molar-refractivity contribution in [1.82, 2.24) is 0 Å². The summed E-state index contributed by atoms with van der Waals surface area (Å²) in [6.07, 6.45) is 4.21. The summed E-state index contributed by atoms with van der Waals surface area (Å²) in [5.41, 5.74) is 8.74. The van der Waals surface area contributed by atoms with Crippen LogP contribution in [0.5, 0.6) is 0 Å². The second-order valence-electron chi connectivity index (χ2n) is 5.21. The lowest BCUT2D eigenvalue weighted by Gasteiger charge is -2.36. The van der Waals surface area contributed by atoms with Gasteiger partial charge in [-0.15, -0.1) is 0 Å². The minimum absolute atomic E-state index is 0.0125. The fourth-order valence-corrected chi connectivity index (χ4v) is 2.60. The smallest absolute Gasteiger partial charge is 0.224 e. The summed E-state index contributed by atoms with van der Waals surface area (Å²) >= 11 is 0. The normalized spacial score (nSPS) is 19.3. The Labute approximate surface area is 115 Å². The summed E-state index contributed by atoms with van der Waals surface area (Å²) in [4.78, 5) is 13.7. The molecular weight excluding hydrogens is 238 g/mol. The number of piperidine rings is 1. The van der Waals surface area contributed by atoms with E-state index in [0.29, 0.717) is 12.5 Å². The molecule has 1 aromatic rings. The number of rotatable bonds is 3. The highest BCUT2D eigenvalue weighted by molar-refractivity contribution is 5.91. The van der Waals surface area contributed by atoms with Gasteiger partial charge in [-0.2, -0.15) is 0 Å². The van der Waals surface area contributed by atoms with Crippen LogP contribution in [0.15, 0.2) is 18.2 Å². The Balaban J connectivity index is 2.16. The van der Waals surface area contributed by atoms with Gasteiger partial charge < -0.3 is 16.0 Å². The molecule has 0 aromatic heterocycles. The van der Waals surface area contributed by atoms with E-state index < -0.39 is 0 Å². The van der Waals surface area contributed by atoms with E-state index in [1.807, 2.05) is 25.1 Å². The fraction of sp³-hybridized carbons (Fsp3) is 0.533. The molecule has 4 heteroatoms. The minimum atomic E-state index is 0.0125. The highest BCUT2D eigenvalue weighted by Gasteiger charge is 2.20. The first kappa shape index (κ1) is 13.7. The molecule has 1 fully saturated rings. The molecule has 0 spiro atoms. The SMILES string of the molecule is CCC(=O)Nc1ccc(N2CCCCC2C)c(N)c1. The topological polar surface area (TPSA) is 58.4 Å². The van der Waals surface area contributed by atoms with Crippen molar-refractivity contribution in [2.24, 2.45) is 0 Å². The molecule has 104 valence electrons. The third-order valence-corrected chi connectivity index (χ3v) is 3.74. The van der Waals surface area contributed by atoms with Gasteiger partial charge in [-0.3, -0.25) is 4.79 Å². The van der Waals surface area contributed by atoms with Crippen LogP contribution < -0.4 is 16.0 Å². The van der Waals surface area contributed by atoms with Crippen molar-refractivity contribution < 1.29 is 4.79 Å². The van der Waals surface area contributed by atoms with Crippen molar-refractivity contribution in [1.29, 1.82) is 0 Å². The number of nitrogen functional groups attached to an aromatic ring is 1. The minimum Gasteiger partial charge on any atom is -0.397 e. The van der Waals surface area contributed by atoms with Gasteiger partial charge in [0.15, 0.2) is 0 Å². The summed E-state index contributed by atoms with van der Waals surface area (Å²) in [5.74, 6) is 0.0125. The van der Waals surface area contributed by atoms with Gasteiger partial charge in [-0.25, -0.2) is 0 Å². The fourth-order valence-electron chi connectivity index (χ4n) is 2.60. The number of hydrogen-bond acceptors (Lipinski definition) is 3. The molecule has 3 N–H and O–H groups in total. The molecule has 0 saturated carbocycles. The van der Waals surface area contributed by atoms with Gasteiger partial charge >= 0.3 is 0 Å². The maximum atomic E-state index is 11.4. The summed E-state index contributed by atoms with van der Waals surface area (Å²) in [6.45, 7) is 5.14. The Hall–Kier alpha value is -1.71. The van der Waals surface area contributed by atoms with E-state index in [4.69, 9.17) is 5.73 Å². The predicted molar refractivity (Wildman–Crippen MR) is 80.4 cm³/mol. The van der Waals surface area contributed by atoms with Gasteiger partial charge in [0.1, 0.15) is 0 Å². The number of nitrogens with two attached hydrogens (primary N) is 1. The average molecular weight is 261 g/mol. The lowest BCUT2D eigenvalue weighted by atomic mass is 10.0. The van der Waals surface area contributed by atoms with Crippen LogP contribution in [-0.4, -0.2) is 18.5 Å². The third-order valence-electron chi connectivity index (χ3n) is 3.74. The van der Waals surface area contributed by atoms with E-state index in [0.717, 1.165) is 23.6 Å². The quantitative estimate of drug-likeness (QED) is 0.822. The first-order valence-electron chi connectivity index (χ1n) is 7.08. The predicted octanol–water partition coefficient (Wildman–Crippen LogP) is 3.00. The molecule has 1 aliphatic heterocycles. The standard InChI is InChI=1S/C15H23N3O/c1-3-15(19)17-12-7-8-14(13(16)10-12)18-9-5-4-6-11(18)2/h7-8,10-11H,3-6,9,16H2,1-2H3,(H,17,19). The zero-order valence-corrected chi connectivity index (χ0v) is 11.8. The van der Waals surface area contributed by atoms with Crippen LogP contribution in [0.1, 0.15) is 39.5 Å². The van der Waals surface area contributed by atoms with E-state index in [-0.39, 0.29) is 5.91 Å². The molecular formula is C15H23N3O. The molecule has 1 atom stereocenters. The molecule has 19 heavy (non-hydrogen) atoms. The molecule has 1 heterocycles. The van der Waals surface area contributed by atoms with Gasteiger partial charge in [0.2, 0.25) is 5.91 Å². The first-order chi connectivity index (χ1) is 9.11. The second kappa shape index (κ2) is 5.95. The van der Waals surface area contributed by atoms with E-state index >= 15 is 0 Å². The molecule has 0 bridgehead atoms. The van der Waals surface area contributed by atoms with Crippen molar-refractivity contribution in [2.45, 2.75) is 45.6 Å². The number of nitrogens with zero attached hydrogens (tertiary/aromatic N) is 1. The Bertz CT molecular complexity index is 459. The third kappa shape index (κ3) is 3.19. The number of anilines is 3. The zero-order valence-electron chi connectivity index (χ0n) is 11.8. The van der Waals surface area contributed by atoms with Crippen molar-refractivity contribution in [3.63, 3.8) is 0 Å². The lowest BCUT2D eigenvalue weighted by molar-refractivity contribution is -0.115. The molecule has 1 aromatic carbocycles. The van der Waals surface area contributed by atoms with E-state index in [1.165, 1.54) is 19.3 Å². The Morgan fingerprint density at radius 2 is 2.26 bits per heavy atom. The first-order valence-corrected chi connectivity index (χ1v) is 7.08. The monoisotopic (exact) mass is 261 g/mol. The molecule has 1 amide bonds. The van der Waals surface area contributed by atoms with Gasteiger partial charge in [0.05, 0.1) is 11.4 Å². The molecule has 2 rings (SSSR count). The number of amides is 1. The number of nitrogens with one attached hydrogen (secondary N) is 1. The van der Waals surface area contributed by atoms with Crippen LogP contribution in [0.3, 0.4) is 0 Å². The van der Waals surface area contributed by atoms with E-state index in [9.17, 15) is 4.79 Å². The molecule has 0 radical (unpaired) electrons. The number of carbonyl (C=O) groups is 1. The van der Waals surface area contributed by atoms with Crippen molar-refractivity contribution in [3.05, 3.63) is 18.2 Å². The average Bonchev–Trinajstić information content (AvgIpc) is 2.40. The maximum Gasteiger partial charge on any atom is 0.224 e. The Morgan fingerprint density at radius 1 is 1.47 bits per heavy atom. The molecule has 1 aliphatic rings. The highest BCUT2D eigenvalue weighted by Crippen LogP contribution is 2.31. The van der Waals surface area contributed by atoms with Crippen LogP contribution in [0.4, 0.5) is 17.1 Å². The molecule has 4 nitrogen and oxygen atoms in total. The molecule has 1 unspecified atom stereocenters. The van der Waals surface area contributed by atoms with E-state index in [1.54, 1.807) is 0 Å². The van der Waals surface area contributed by atoms with Crippen LogP contribution in [0.2, 0.25) is 0 Å². The van der Waals surface area contributed by atoms with Gasteiger partial charge in [-0.05, 0) is 44.4 Å². The van der Waals surface area contributed by atoms with E-state index in [2.05, 4.69) is 17.1 Å². The van der Waals surface area contributed by atoms with Crippen LogP contribution in [0, 0.1) is 0 Å².